The van der Waals surface area contributed by atoms with Crippen molar-refractivity contribution in [2.75, 3.05) is 5.32 Å². The molecule has 0 saturated carbocycles. The first-order chi connectivity index (χ1) is 39.7. The number of ether oxygens (including phenoxy) is 1. The normalized spacial score (nSPS) is 11.9. The van der Waals surface area contributed by atoms with Gasteiger partial charge >= 0.3 is 0 Å². The SMILES string of the molecule is CC1(C)c2cccc(P(c3ccccc3)c3ccccc3)c2Oc2c(P(c3ccccc3)c3ccccc3)cccc21.Clc1cc(Cl)c2ccccc2n1.Clc1cc(NCc2ccccc2)nc2ccccc12.NCc1ccccc1. The van der Waals surface area contributed by atoms with E-state index in [0.717, 1.165) is 50.7 Å². The second-order valence-electron chi connectivity index (χ2n) is 19.5. The van der Waals surface area contributed by atoms with Gasteiger partial charge in [-0.15, -0.1) is 0 Å². The number of benzene rings is 10. The van der Waals surface area contributed by atoms with Gasteiger partial charge in [0.1, 0.15) is 22.5 Å². The highest BCUT2D eigenvalue weighted by Gasteiger charge is 2.39. The monoisotopic (exact) mass is 1150 g/mol. The van der Waals surface area contributed by atoms with E-state index in [1.165, 1.54) is 54.1 Å². The number of nitrogens with zero attached hydrogens (tertiary/aromatic N) is 2. The molecule has 0 aliphatic carbocycles. The molecule has 400 valence electrons. The first kappa shape index (κ1) is 56.6. The number of anilines is 1. The van der Waals surface area contributed by atoms with Crippen LogP contribution in [0, 0.1) is 0 Å². The summed E-state index contributed by atoms with van der Waals surface area (Å²) in [6.07, 6.45) is 0. The zero-order chi connectivity index (χ0) is 56.0. The van der Waals surface area contributed by atoms with Gasteiger partial charge in [0.2, 0.25) is 0 Å². The second kappa shape index (κ2) is 27.2. The number of nitrogens with two attached hydrogens (primary N) is 1. The van der Waals surface area contributed by atoms with Crippen LogP contribution in [0.3, 0.4) is 0 Å². The maximum atomic E-state index is 7.26. The van der Waals surface area contributed by atoms with Crippen molar-refractivity contribution in [3.05, 3.63) is 317 Å². The van der Waals surface area contributed by atoms with Crippen LogP contribution in [0.15, 0.2) is 279 Å². The largest absolute Gasteiger partial charge is 0.455 e. The fraction of sp³-hybridized carbons (Fsp3) is 0.0704. The number of hydrogen-bond acceptors (Lipinski definition) is 5. The third-order valence-corrected chi connectivity index (χ3v) is 19.5. The molecule has 0 saturated heterocycles. The lowest BCUT2D eigenvalue weighted by Crippen LogP contribution is -2.32. The van der Waals surface area contributed by atoms with Crippen molar-refractivity contribution in [1.29, 1.82) is 0 Å². The molecule has 2 aromatic heterocycles. The molecule has 0 radical (unpaired) electrons. The summed E-state index contributed by atoms with van der Waals surface area (Å²) in [6, 6.07) is 96.4. The molecule has 1 aliphatic heterocycles. The molecule has 0 amide bonds. The van der Waals surface area contributed by atoms with E-state index in [9.17, 15) is 0 Å². The Morgan fingerprint density at radius 1 is 0.420 bits per heavy atom. The van der Waals surface area contributed by atoms with Gasteiger partial charge in [0, 0.05) is 51.0 Å². The first-order valence-corrected chi connectivity index (χ1v) is 30.5. The molecule has 0 bridgehead atoms. The van der Waals surface area contributed by atoms with Crippen LogP contribution in [0.25, 0.3) is 21.8 Å². The van der Waals surface area contributed by atoms with Gasteiger partial charge in [0.05, 0.1) is 21.1 Å². The fourth-order valence-electron chi connectivity index (χ4n) is 9.74. The average molecular weight is 1150 g/mol. The van der Waals surface area contributed by atoms with E-state index < -0.39 is 15.8 Å². The molecule has 0 spiro atoms. The van der Waals surface area contributed by atoms with Gasteiger partial charge in [0.25, 0.3) is 0 Å². The minimum Gasteiger partial charge on any atom is -0.455 e. The van der Waals surface area contributed by atoms with E-state index >= 15 is 0 Å². The molecule has 0 fully saturated rings. The number of pyridine rings is 2. The average Bonchev–Trinajstić information content (AvgIpc) is 3.53. The molecule has 5 nitrogen and oxygen atoms in total. The van der Waals surface area contributed by atoms with Crippen molar-refractivity contribution in [1.82, 2.24) is 9.97 Å². The summed E-state index contributed by atoms with van der Waals surface area (Å²) in [5, 5.41) is 14.8. The van der Waals surface area contributed by atoms with Crippen LogP contribution in [-0.2, 0) is 18.5 Å². The molecule has 13 rings (SSSR count). The van der Waals surface area contributed by atoms with E-state index in [1.54, 1.807) is 6.07 Å². The Labute approximate surface area is 492 Å². The molecule has 81 heavy (non-hydrogen) atoms. The van der Waals surface area contributed by atoms with Gasteiger partial charge in [-0.2, -0.15) is 0 Å². The Bertz CT molecular complexity index is 3760. The molecule has 0 unspecified atom stereocenters. The number of aromatic nitrogens is 2. The van der Waals surface area contributed by atoms with Crippen LogP contribution >= 0.6 is 50.6 Å². The van der Waals surface area contributed by atoms with Gasteiger partial charge in [-0.1, -0.05) is 303 Å². The minimum atomic E-state index is -0.824. The third-order valence-electron chi connectivity index (χ3n) is 13.8. The fourth-order valence-corrected chi connectivity index (χ4v) is 15.3. The predicted molar refractivity (Wildman–Crippen MR) is 349 cm³/mol. The highest BCUT2D eigenvalue weighted by Crippen LogP contribution is 2.52. The van der Waals surface area contributed by atoms with Gasteiger partial charge < -0.3 is 15.8 Å². The number of hydrogen-bond donors (Lipinski definition) is 2. The van der Waals surface area contributed by atoms with Crippen molar-refractivity contribution in [3.63, 3.8) is 0 Å². The number of rotatable bonds is 10. The molecular weight excluding hydrogens is 1090 g/mol. The Morgan fingerprint density at radius 3 is 1.21 bits per heavy atom. The molecule has 0 atom stereocenters. The predicted octanol–water partition coefficient (Wildman–Crippen LogP) is 16.8. The van der Waals surface area contributed by atoms with Crippen molar-refractivity contribution in [2.45, 2.75) is 32.4 Å². The Balaban J connectivity index is 0.000000153. The van der Waals surface area contributed by atoms with Crippen molar-refractivity contribution >= 4 is 110 Å². The first-order valence-electron chi connectivity index (χ1n) is 26.7. The number of fused-ring (bicyclic) bond motifs is 4. The summed E-state index contributed by atoms with van der Waals surface area (Å²) < 4.78 is 7.26. The quantitative estimate of drug-likeness (QED) is 0.105. The Hall–Kier alpha value is -7.69. The molecule has 12 aromatic rings. The minimum absolute atomic E-state index is 0.225. The molecule has 10 heteroatoms. The van der Waals surface area contributed by atoms with E-state index in [1.807, 2.05) is 103 Å². The van der Waals surface area contributed by atoms with Crippen molar-refractivity contribution < 1.29 is 4.74 Å². The maximum absolute atomic E-state index is 7.26. The van der Waals surface area contributed by atoms with Crippen LogP contribution in [0.4, 0.5) is 5.82 Å². The highest BCUT2D eigenvalue weighted by atomic mass is 35.5. The summed E-state index contributed by atoms with van der Waals surface area (Å²) in [5.74, 6) is 2.82. The third kappa shape index (κ3) is 13.7. The van der Waals surface area contributed by atoms with Gasteiger partial charge in [-0.25, -0.2) is 9.97 Å². The van der Waals surface area contributed by atoms with Crippen LogP contribution in [0.5, 0.6) is 11.5 Å². The summed E-state index contributed by atoms with van der Waals surface area (Å²) in [5.41, 5.74) is 11.8. The van der Waals surface area contributed by atoms with Crippen LogP contribution in [-0.4, -0.2) is 9.97 Å². The molecule has 3 N–H and O–H groups in total. The highest BCUT2D eigenvalue weighted by molar-refractivity contribution is 7.80. The standard InChI is InChI=1S/C39H32OP2.C16H13ClN2.C9H5Cl2N.C7H9N/c1-39(2)33-25-15-27-35(41(29-17-7-3-8-18-29)30-19-9-4-10-20-30)37(33)40-38-34(39)26-16-28-36(38)42(31-21-11-5-12-22-31)32-23-13-6-14-24-32;17-14-10-16(18-11-12-6-2-1-3-7-12)19-15-9-5-4-8-13(14)15;10-7-5-9(11)12-8-4-2-1-3-6(7)8;8-6-7-4-2-1-3-5-7/h3-28H,1-2H3;1-10H,11H2,(H,18,19);1-5H;1-5H,6,8H2. The topological polar surface area (TPSA) is 73.1 Å². The number of nitrogens with one attached hydrogen (secondary N) is 1. The summed E-state index contributed by atoms with van der Waals surface area (Å²) in [4.78, 5) is 8.67. The molecule has 10 aromatic carbocycles. The van der Waals surface area contributed by atoms with E-state index in [4.69, 9.17) is 45.3 Å². The lowest BCUT2D eigenvalue weighted by molar-refractivity contribution is 0.425. The van der Waals surface area contributed by atoms with Crippen molar-refractivity contribution in [2.24, 2.45) is 5.73 Å². The zero-order valence-electron chi connectivity index (χ0n) is 44.9. The van der Waals surface area contributed by atoms with Gasteiger partial charge in [0.15, 0.2) is 0 Å². The van der Waals surface area contributed by atoms with Crippen molar-refractivity contribution in [3.8, 4) is 11.5 Å². The molecular formula is C71H59Cl3N4OP2. The molecule has 3 heterocycles. The maximum Gasteiger partial charge on any atom is 0.139 e. The van der Waals surface area contributed by atoms with E-state index in [2.05, 4.69) is 199 Å². The number of halogens is 3. The van der Waals surface area contributed by atoms with Gasteiger partial charge in [-0.3, -0.25) is 0 Å². The second-order valence-corrected chi connectivity index (χ2v) is 25.1. The smallest absolute Gasteiger partial charge is 0.139 e. The van der Waals surface area contributed by atoms with Crippen LogP contribution < -0.4 is 47.6 Å². The van der Waals surface area contributed by atoms with Crippen LogP contribution in [0.1, 0.15) is 36.1 Å². The summed E-state index contributed by atoms with van der Waals surface area (Å²) in [7, 11) is -1.65. The lowest BCUT2D eigenvalue weighted by atomic mass is 9.76. The van der Waals surface area contributed by atoms with Gasteiger partial charge in [-0.05, 0) is 72.5 Å². The summed E-state index contributed by atoms with van der Waals surface area (Å²) >= 11 is 17.9. The molecule has 1 aliphatic rings. The van der Waals surface area contributed by atoms with E-state index in [0.29, 0.717) is 16.7 Å². The zero-order valence-corrected chi connectivity index (χ0v) is 48.9. The Morgan fingerprint density at radius 2 is 0.790 bits per heavy atom. The lowest BCUT2D eigenvalue weighted by Gasteiger charge is -2.38. The van der Waals surface area contributed by atoms with Crippen LogP contribution in [0.2, 0.25) is 15.2 Å². The summed E-state index contributed by atoms with van der Waals surface area (Å²) in [6.45, 7) is 6.08. The van der Waals surface area contributed by atoms with E-state index in [-0.39, 0.29) is 5.41 Å². The number of para-hydroxylation sites is 4. The Kier molecular flexibility index (Phi) is 19.0.